The molecule has 418 valence electrons. The zero-order valence-corrected chi connectivity index (χ0v) is 52.9. The maximum absolute atomic E-state index is 12.7. The van der Waals surface area contributed by atoms with Gasteiger partial charge in [0, 0.05) is 110 Å². The molecule has 0 radical (unpaired) electrons. The Morgan fingerprint density at radius 1 is 0.658 bits per heavy atom. The topological polar surface area (TPSA) is 151 Å². The Bertz CT molecular complexity index is 3300. The van der Waals surface area contributed by atoms with Gasteiger partial charge in [0.05, 0.1) is 45.4 Å². The molecule has 2 saturated heterocycles. The van der Waals surface area contributed by atoms with Crippen LogP contribution in [0.25, 0.3) is 23.3 Å². The first-order chi connectivity index (χ1) is 37.2. The highest BCUT2D eigenvalue weighted by Crippen LogP contribution is 2.47. The predicted molar refractivity (Wildman–Crippen MR) is 327 cm³/mol. The Labute approximate surface area is 503 Å². The highest BCUT2D eigenvalue weighted by atomic mass is 127. The fourth-order valence-corrected chi connectivity index (χ4v) is 11.6. The van der Waals surface area contributed by atoms with E-state index < -0.39 is 16.8 Å². The number of carbonyl (C=O) groups is 3. The number of pyridine rings is 2. The van der Waals surface area contributed by atoms with Crippen molar-refractivity contribution < 1.29 is 29.0 Å². The molecule has 0 bridgehead atoms. The van der Waals surface area contributed by atoms with E-state index in [1.54, 1.807) is 48.6 Å². The van der Waals surface area contributed by atoms with Crippen molar-refractivity contribution in [3.8, 4) is 0 Å². The van der Waals surface area contributed by atoms with Gasteiger partial charge in [-0.2, -0.15) is 0 Å². The molecule has 4 aliphatic rings. The fourth-order valence-electron chi connectivity index (χ4n) is 10.2. The van der Waals surface area contributed by atoms with Crippen LogP contribution in [-0.2, 0) is 34.0 Å². The van der Waals surface area contributed by atoms with E-state index in [1.165, 1.54) is 3.70 Å². The molecule has 79 heavy (non-hydrogen) atoms. The number of Topliss-reactive ketones (excluding diaryl/α,β-unsaturated/α-hetero) is 1. The number of allylic oxidation sites excluding steroid dienone is 1. The molecule has 1 N–H and O–H groups in total. The van der Waals surface area contributed by atoms with E-state index in [2.05, 4.69) is 79.9 Å². The molecule has 0 spiro atoms. The van der Waals surface area contributed by atoms with Crippen LogP contribution in [0.15, 0.2) is 101 Å². The summed E-state index contributed by atoms with van der Waals surface area (Å²) >= 11 is 22.3. The van der Waals surface area contributed by atoms with Crippen LogP contribution in [0.5, 0.6) is 0 Å². The van der Waals surface area contributed by atoms with Crippen molar-refractivity contribution in [2.45, 2.75) is 84.3 Å². The van der Waals surface area contributed by atoms with Crippen molar-refractivity contribution in [3.63, 3.8) is 0 Å². The number of hydrogen-bond donors (Lipinski definition) is 1. The van der Waals surface area contributed by atoms with Crippen LogP contribution in [0.4, 0.5) is 9.59 Å². The van der Waals surface area contributed by atoms with E-state index >= 15 is 0 Å². The van der Waals surface area contributed by atoms with Crippen LogP contribution in [0.2, 0.25) is 10.0 Å². The molecular formula is C59H66Br2Cl2IN9O6. The number of nitrogens with zero attached hydrogens (tertiary/aromatic N) is 9. The number of imidazole rings is 1. The maximum atomic E-state index is 12.7. The van der Waals surface area contributed by atoms with Crippen molar-refractivity contribution in [2.75, 3.05) is 52.4 Å². The molecule has 2 aliphatic carbocycles. The van der Waals surface area contributed by atoms with Gasteiger partial charge in [0.25, 0.3) is 0 Å². The lowest BCUT2D eigenvalue weighted by Gasteiger charge is -2.40. The van der Waals surface area contributed by atoms with Crippen LogP contribution >= 0.6 is 77.7 Å². The number of benzene rings is 2. The number of aromatic nitrogens is 5. The number of ether oxygens (including phenoxy) is 2. The molecule has 1 unspecified atom stereocenters. The normalized spacial score (nSPS) is 18.2. The second-order valence-corrected chi connectivity index (χ2v) is 25.9. The van der Waals surface area contributed by atoms with E-state index in [-0.39, 0.29) is 30.1 Å². The molecular weight excluding hydrogens is 1290 g/mol. The number of carbonyl (C=O) groups excluding carboxylic acids is 3. The van der Waals surface area contributed by atoms with E-state index in [4.69, 9.17) is 42.6 Å². The fraction of sp³-hybridized carbons (Fsp3) is 0.390. The van der Waals surface area contributed by atoms with Crippen molar-refractivity contribution in [1.29, 1.82) is 0 Å². The lowest BCUT2D eigenvalue weighted by Crippen LogP contribution is -2.51. The number of aryl methyl sites for hydroxylation is 2. The zero-order chi connectivity index (χ0) is 57.3. The third kappa shape index (κ3) is 14.2. The minimum absolute atomic E-state index is 0.0279. The van der Waals surface area contributed by atoms with Crippen molar-refractivity contribution in [2.24, 2.45) is 14.1 Å². The average Bonchev–Trinajstić information content (AvgIpc) is 4.04. The zero-order valence-electron chi connectivity index (χ0n) is 46.0. The number of fused-ring (bicyclic) bond motifs is 4. The maximum Gasteiger partial charge on any atom is 0.410 e. The van der Waals surface area contributed by atoms with Crippen molar-refractivity contribution in [3.05, 3.63) is 165 Å². The average molecular weight is 1350 g/mol. The summed E-state index contributed by atoms with van der Waals surface area (Å²) in [5.74, 6) is -0.0279. The Hall–Kier alpha value is -4.93. The summed E-state index contributed by atoms with van der Waals surface area (Å²) in [7, 11) is 3.90. The van der Waals surface area contributed by atoms with Crippen molar-refractivity contribution in [1.82, 2.24) is 43.7 Å². The van der Waals surface area contributed by atoms with Crippen LogP contribution in [0.3, 0.4) is 0 Å². The van der Waals surface area contributed by atoms with Gasteiger partial charge < -0.3 is 33.5 Å². The van der Waals surface area contributed by atoms with Crippen molar-refractivity contribution >= 4 is 119 Å². The van der Waals surface area contributed by atoms with Gasteiger partial charge in [0.15, 0.2) is 5.78 Å². The number of piperazine rings is 2. The molecule has 6 heterocycles. The van der Waals surface area contributed by atoms with Gasteiger partial charge >= 0.3 is 12.2 Å². The Kier molecular flexibility index (Phi) is 18.8. The second kappa shape index (κ2) is 24.7. The lowest BCUT2D eigenvalue weighted by molar-refractivity contribution is -0.111. The second-order valence-electron chi connectivity index (χ2n) is 22.1. The standard InChI is InChI=1S/C29H33BrClN5O3.C25H27BrClN3O3.C5H6IN/c1-28(2,3)39-27(37)36-10-8-35(9-11-36)26-21-7-6-20(31)14-22(21)23(13-18-12-19(30)15-33-25(18)26)29(4,38)24-16-32-17-34(24)5;1-15(31)20-12-16-11-17(26)14-28-22(16)23(19-6-5-18(27)13-21(19)20)29-7-9-30(10-8-29)24(32)33-25(2,3)4;1-7-4-2-3-5(7)6/h6-7,12-17,26,38H,8-11H2,1-5H3;5-6,11-14,23H,7-10H2,1-4H3;2-4H,1H3/t26-,29?;23-;/m00./s1. The molecule has 3 atom stereocenters. The number of ketones is 1. The van der Waals surface area contributed by atoms with Crippen LogP contribution in [0.1, 0.15) is 118 Å². The summed E-state index contributed by atoms with van der Waals surface area (Å²) in [5, 5.41) is 13.2. The Balaban J connectivity index is 0.000000187. The molecule has 20 heteroatoms. The molecule has 6 aromatic rings. The molecule has 2 aromatic carbocycles. The summed E-state index contributed by atoms with van der Waals surface area (Å²) in [5.41, 5.74) is 6.74. The number of hydrogen-bond acceptors (Lipinski definition) is 11. The predicted octanol–water partition coefficient (Wildman–Crippen LogP) is 12.8. The smallest absolute Gasteiger partial charge is 0.410 e. The first-order valence-electron chi connectivity index (χ1n) is 25.9. The van der Waals surface area contributed by atoms with Crippen LogP contribution in [0, 0.1) is 3.70 Å². The lowest BCUT2D eigenvalue weighted by atomic mass is 9.84. The summed E-state index contributed by atoms with van der Waals surface area (Å²) in [6.45, 7) is 19.3. The van der Waals surface area contributed by atoms with Crippen LogP contribution in [-0.4, -0.2) is 130 Å². The summed E-state index contributed by atoms with van der Waals surface area (Å²) in [6.07, 6.45) is 12.3. The summed E-state index contributed by atoms with van der Waals surface area (Å²) < 4.78 is 18.0. The first-order valence-corrected chi connectivity index (χ1v) is 29.4. The largest absolute Gasteiger partial charge is 0.444 e. The third-order valence-electron chi connectivity index (χ3n) is 13.9. The van der Waals surface area contributed by atoms with E-state index in [1.807, 2.05) is 133 Å². The minimum Gasteiger partial charge on any atom is -0.444 e. The SMILES string of the molecule is CC(=O)C1=Cc2cc(Br)cnc2[C@@H](N2CCN(C(=O)OC(C)(C)C)CC2)c2ccc(Cl)cc21.Cn1cccc1I.Cn1cncc1C(C)(O)C1=Cc2cc(Br)cnc2[C@@H](N2CCN(C(=O)OC(C)(C)C)CC2)c2ccc(Cl)cc21. The van der Waals surface area contributed by atoms with Gasteiger partial charge in [-0.25, -0.2) is 14.6 Å². The van der Waals surface area contributed by atoms with Gasteiger partial charge in [-0.15, -0.1) is 0 Å². The Morgan fingerprint density at radius 2 is 1.13 bits per heavy atom. The third-order valence-corrected chi connectivity index (χ3v) is 16.4. The van der Waals surface area contributed by atoms with Crippen LogP contribution < -0.4 is 0 Å². The van der Waals surface area contributed by atoms with Gasteiger partial charge in [-0.3, -0.25) is 24.6 Å². The summed E-state index contributed by atoms with van der Waals surface area (Å²) in [4.78, 5) is 60.0. The Morgan fingerprint density at radius 3 is 1.53 bits per heavy atom. The number of aliphatic hydroxyl groups is 1. The minimum atomic E-state index is -1.37. The monoisotopic (exact) mass is 1350 g/mol. The molecule has 15 nitrogen and oxygen atoms in total. The summed E-state index contributed by atoms with van der Waals surface area (Å²) in [6, 6.07) is 19.2. The van der Waals surface area contributed by atoms with Gasteiger partial charge in [0.1, 0.15) is 16.8 Å². The highest BCUT2D eigenvalue weighted by Gasteiger charge is 2.41. The quantitative estimate of drug-likeness (QED) is 0.164. The van der Waals surface area contributed by atoms with E-state index in [0.717, 1.165) is 53.7 Å². The molecule has 0 saturated carbocycles. The highest BCUT2D eigenvalue weighted by molar-refractivity contribution is 14.1. The first kappa shape index (κ1) is 60.2. The van der Waals surface area contributed by atoms with E-state index in [9.17, 15) is 19.5 Å². The van der Waals surface area contributed by atoms with Gasteiger partial charge in [0.2, 0.25) is 0 Å². The molecule has 10 rings (SSSR count). The van der Waals surface area contributed by atoms with Gasteiger partial charge in [-0.1, -0.05) is 35.3 Å². The number of rotatable bonds is 5. The van der Waals surface area contributed by atoms with E-state index in [0.29, 0.717) is 79.2 Å². The molecule has 4 aromatic heterocycles. The molecule has 2 amide bonds. The molecule has 2 aliphatic heterocycles. The number of halogens is 5. The molecule has 2 fully saturated rings. The number of amides is 2. The van der Waals surface area contributed by atoms with Gasteiger partial charge in [-0.05, 0) is 209 Å².